The van der Waals surface area contributed by atoms with Gasteiger partial charge in [-0.3, -0.25) is 4.57 Å². The van der Waals surface area contributed by atoms with Gasteiger partial charge in [0.15, 0.2) is 0 Å². The van der Waals surface area contributed by atoms with E-state index in [0.717, 1.165) is 0 Å². The molecule has 0 saturated heterocycles. The van der Waals surface area contributed by atoms with Crippen molar-refractivity contribution in [2.24, 2.45) is 0 Å². The molecule has 11 heavy (non-hydrogen) atoms. The summed E-state index contributed by atoms with van der Waals surface area (Å²) in [5.41, 5.74) is -0.531. The summed E-state index contributed by atoms with van der Waals surface area (Å²) < 4.78 is 28.7. The standard InChI is InChI=1S/C7H16FO2P/c1-5-7(4)10-11(8,9)6(2)3/h6-7H,5H2,1-4H3. The van der Waals surface area contributed by atoms with Gasteiger partial charge in [0.2, 0.25) is 0 Å². The van der Waals surface area contributed by atoms with Gasteiger partial charge in [0.25, 0.3) is 0 Å². The van der Waals surface area contributed by atoms with Crippen LogP contribution >= 0.6 is 7.68 Å². The number of hydrogen-bond donors (Lipinski definition) is 0. The number of rotatable bonds is 4. The van der Waals surface area contributed by atoms with Crippen molar-refractivity contribution >= 4 is 7.68 Å². The van der Waals surface area contributed by atoms with Gasteiger partial charge in [-0.05, 0) is 13.3 Å². The van der Waals surface area contributed by atoms with Gasteiger partial charge in [-0.2, -0.15) is 4.20 Å². The van der Waals surface area contributed by atoms with Gasteiger partial charge >= 0.3 is 7.68 Å². The van der Waals surface area contributed by atoms with Crippen molar-refractivity contribution < 1.29 is 13.3 Å². The molecule has 0 bridgehead atoms. The Morgan fingerprint density at radius 2 is 1.91 bits per heavy atom. The van der Waals surface area contributed by atoms with Crippen LogP contribution in [-0.4, -0.2) is 11.8 Å². The van der Waals surface area contributed by atoms with Crippen LogP contribution in [0.5, 0.6) is 0 Å². The van der Waals surface area contributed by atoms with E-state index in [9.17, 15) is 8.76 Å². The average molecular weight is 182 g/mol. The fraction of sp³-hybridized carbons (Fsp3) is 1.00. The van der Waals surface area contributed by atoms with Crippen LogP contribution in [0.15, 0.2) is 0 Å². The molecule has 68 valence electrons. The molecule has 0 aliphatic heterocycles. The monoisotopic (exact) mass is 182 g/mol. The van der Waals surface area contributed by atoms with E-state index in [1.807, 2.05) is 6.92 Å². The predicted molar refractivity (Wildman–Crippen MR) is 44.7 cm³/mol. The summed E-state index contributed by atoms with van der Waals surface area (Å²) in [6, 6.07) is 0. The molecule has 0 N–H and O–H groups in total. The molecule has 0 aliphatic rings. The minimum atomic E-state index is -3.84. The van der Waals surface area contributed by atoms with E-state index in [2.05, 4.69) is 0 Å². The minimum absolute atomic E-state index is 0.256. The van der Waals surface area contributed by atoms with Crippen molar-refractivity contribution in [3.8, 4) is 0 Å². The molecule has 0 amide bonds. The first-order valence-corrected chi connectivity index (χ1v) is 5.46. The van der Waals surface area contributed by atoms with Crippen molar-refractivity contribution in [3.05, 3.63) is 0 Å². The zero-order valence-corrected chi connectivity index (χ0v) is 8.40. The smallest absolute Gasteiger partial charge is 0.302 e. The van der Waals surface area contributed by atoms with Gasteiger partial charge < -0.3 is 4.52 Å². The lowest BCUT2D eigenvalue weighted by Crippen LogP contribution is -2.07. The lowest BCUT2D eigenvalue weighted by Gasteiger charge is -2.17. The maximum atomic E-state index is 13.0. The van der Waals surface area contributed by atoms with Crippen LogP contribution in [-0.2, 0) is 9.09 Å². The molecule has 2 unspecified atom stereocenters. The SMILES string of the molecule is CCC(C)OP(=O)(F)C(C)C. The molecule has 0 aromatic heterocycles. The van der Waals surface area contributed by atoms with E-state index in [1.165, 1.54) is 0 Å². The third-order valence-corrected chi connectivity index (χ3v) is 3.40. The second-order valence-corrected chi connectivity index (χ2v) is 5.22. The Kier molecular flexibility index (Phi) is 4.27. The zero-order valence-electron chi connectivity index (χ0n) is 7.50. The molecule has 0 rings (SSSR count). The second-order valence-electron chi connectivity index (χ2n) is 2.94. The molecule has 4 heteroatoms. The molecule has 0 saturated carbocycles. The third kappa shape index (κ3) is 3.88. The summed E-state index contributed by atoms with van der Waals surface area (Å²) in [6.07, 6.45) is 0.425. The summed E-state index contributed by atoms with van der Waals surface area (Å²) in [7, 11) is -3.84. The predicted octanol–water partition coefficient (Wildman–Crippen LogP) is 3.37. The maximum Gasteiger partial charge on any atom is 0.370 e. The van der Waals surface area contributed by atoms with Gasteiger partial charge in [0.05, 0.1) is 11.8 Å². The van der Waals surface area contributed by atoms with E-state index in [4.69, 9.17) is 4.52 Å². The van der Waals surface area contributed by atoms with Gasteiger partial charge in [-0.1, -0.05) is 20.8 Å². The molecule has 0 spiro atoms. The Labute approximate surface area is 67.7 Å². The van der Waals surface area contributed by atoms with Crippen molar-refractivity contribution in [1.29, 1.82) is 0 Å². The van der Waals surface area contributed by atoms with E-state index >= 15 is 0 Å². The van der Waals surface area contributed by atoms with Crippen LogP contribution in [0.2, 0.25) is 0 Å². The quantitative estimate of drug-likeness (QED) is 0.623. The van der Waals surface area contributed by atoms with Crippen molar-refractivity contribution in [3.63, 3.8) is 0 Å². The fourth-order valence-electron chi connectivity index (χ4n) is 0.442. The highest BCUT2D eigenvalue weighted by Gasteiger charge is 2.28. The van der Waals surface area contributed by atoms with E-state index < -0.39 is 13.3 Å². The van der Waals surface area contributed by atoms with Crippen LogP contribution in [0.25, 0.3) is 0 Å². The van der Waals surface area contributed by atoms with Gasteiger partial charge in [0.1, 0.15) is 0 Å². The lowest BCUT2D eigenvalue weighted by molar-refractivity contribution is 0.198. The summed E-state index contributed by atoms with van der Waals surface area (Å²) in [5.74, 6) is 0. The third-order valence-electron chi connectivity index (χ3n) is 1.52. The van der Waals surface area contributed by atoms with Crippen LogP contribution in [0.3, 0.4) is 0 Å². The highest BCUT2D eigenvalue weighted by molar-refractivity contribution is 7.54. The molecule has 0 aromatic carbocycles. The fourth-order valence-corrected chi connectivity index (χ4v) is 1.32. The van der Waals surface area contributed by atoms with Crippen molar-refractivity contribution in [2.75, 3.05) is 0 Å². The summed E-state index contributed by atoms with van der Waals surface area (Å²) >= 11 is 0. The van der Waals surface area contributed by atoms with Gasteiger partial charge in [-0.15, -0.1) is 0 Å². The highest BCUT2D eigenvalue weighted by Crippen LogP contribution is 2.54. The van der Waals surface area contributed by atoms with Crippen LogP contribution in [0.1, 0.15) is 34.1 Å². The Morgan fingerprint density at radius 3 is 2.18 bits per heavy atom. The minimum Gasteiger partial charge on any atom is -0.302 e. The van der Waals surface area contributed by atoms with Crippen LogP contribution in [0, 0.1) is 0 Å². The maximum absolute atomic E-state index is 13.0. The largest absolute Gasteiger partial charge is 0.370 e. The molecule has 0 aromatic rings. The first-order chi connectivity index (χ1) is 4.90. The Bertz CT molecular complexity index is 159. The summed E-state index contributed by atoms with van der Waals surface area (Å²) in [5, 5.41) is 0. The molecular weight excluding hydrogens is 166 g/mol. The lowest BCUT2D eigenvalue weighted by atomic mass is 10.3. The molecule has 0 radical (unpaired) electrons. The normalized spacial score (nSPS) is 19.8. The highest BCUT2D eigenvalue weighted by atomic mass is 31.2. The first-order valence-electron chi connectivity index (χ1n) is 3.88. The zero-order chi connectivity index (χ0) is 9.07. The summed E-state index contributed by atoms with van der Waals surface area (Å²) in [4.78, 5) is 0. The van der Waals surface area contributed by atoms with E-state index in [-0.39, 0.29) is 6.10 Å². The molecule has 0 aliphatic carbocycles. The first kappa shape index (κ1) is 11.1. The van der Waals surface area contributed by atoms with Crippen LogP contribution < -0.4 is 0 Å². The Morgan fingerprint density at radius 1 is 1.45 bits per heavy atom. The Balaban J connectivity index is 4.02. The number of halogens is 1. The molecule has 0 fully saturated rings. The molecule has 2 nitrogen and oxygen atoms in total. The molecular formula is C7H16FO2P. The second kappa shape index (κ2) is 4.22. The number of hydrogen-bond acceptors (Lipinski definition) is 2. The average Bonchev–Trinajstić information content (AvgIpc) is 1.86. The van der Waals surface area contributed by atoms with Crippen molar-refractivity contribution in [2.45, 2.75) is 45.9 Å². The van der Waals surface area contributed by atoms with E-state index in [0.29, 0.717) is 6.42 Å². The topological polar surface area (TPSA) is 26.3 Å². The van der Waals surface area contributed by atoms with Gasteiger partial charge in [-0.25, -0.2) is 0 Å². The summed E-state index contributed by atoms with van der Waals surface area (Å²) in [6.45, 7) is 6.70. The molecule has 0 heterocycles. The van der Waals surface area contributed by atoms with Gasteiger partial charge in [0, 0.05) is 0 Å². The molecule has 2 atom stereocenters. The van der Waals surface area contributed by atoms with Crippen LogP contribution in [0.4, 0.5) is 4.20 Å². The Hall–Kier alpha value is 0.120. The van der Waals surface area contributed by atoms with Crippen molar-refractivity contribution in [1.82, 2.24) is 0 Å². The van der Waals surface area contributed by atoms with E-state index in [1.54, 1.807) is 20.8 Å².